The normalized spacial score (nSPS) is 10.6. The third kappa shape index (κ3) is 2.63. The van der Waals surface area contributed by atoms with E-state index in [0.717, 1.165) is 5.75 Å². The van der Waals surface area contributed by atoms with Crippen LogP contribution in [-0.2, 0) is 6.42 Å². The van der Waals surface area contributed by atoms with Crippen molar-refractivity contribution in [3.63, 3.8) is 0 Å². The molecule has 5 nitrogen and oxygen atoms in total. The van der Waals surface area contributed by atoms with E-state index < -0.39 is 5.97 Å². The van der Waals surface area contributed by atoms with Crippen LogP contribution in [0.2, 0.25) is 5.15 Å². The van der Waals surface area contributed by atoms with Crippen LogP contribution in [0.25, 0.3) is 5.69 Å². The van der Waals surface area contributed by atoms with Crippen molar-refractivity contribution in [2.75, 3.05) is 6.61 Å². The molecule has 0 amide bonds. The highest BCUT2D eigenvalue weighted by molar-refractivity contribution is 6.32. The molecule has 0 radical (unpaired) electrons. The summed E-state index contributed by atoms with van der Waals surface area (Å²) in [5.41, 5.74) is 1.22. The van der Waals surface area contributed by atoms with Gasteiger partial charge in [0.2, 0.25) is 0 Å². The molecule has 1 aromatic carbocycles. The predicted molar refractivity (Wildman–Crippen MR) is 76.1 cm³/mol. The summed E-state index contributed by atoms with van der Waals surface area (Å²) in [5.74, 6) is -0.322. The van der Waals surface area contributed by atoms with E-state index in [0.29, 0.717) is 24.4 Å². The van der Waals surface area contributed by atoms with Gasteiger partial charge in [-0.1, -0.05) is 18.5 Å². The van der Waals surface area contributed by atoms with Gasteiger partial charge in [0.05, 0.1) is 18.0 Å². The van der Waals surface area contributed by atoms with Crippen LogP contribution < -0.4 is 4.74 Å². The molecule has 0 saturated carbocycles. The first-order valence-corrected chi connectivity index (χ1v) is 6.70. The number of nitrogens with zero attached hydrogens (tertiary/aromatic N) is 2. The smallest absolute Gasteiger partial charge is 0.340 e. The third-order valence-corrected chi connectivity index (χ3v) is 3.19. The lowest BCUT2D eigenvalue weighted by atomic mass is 10.2. The van der Waals surface area contributed by atoms with Gasteiger partial charge in [0.1, 0.15) is 16.5 Å². The second kappa shape index (κ2) is 5.96. The van der Waals surface area contributed by atoms with Crippen LogP contribution in [0.5, 0.6) is 5.75 Å². The summed E-state index contributed by atoms with van der Waals surface area (Å²) in [6.07, 6.45) is 0.505. The summed E-state index contributed by atoms with van der Waals surface area (Å²) in [6, 6.07) is 7.16. The average molecular weight is 295 g/mol. The molecule has 106 valence electrons. The number of hydrogen-bond donors (Lipinski definition) is 1. The molecule has 0 aliphatic carbocycles. The van der Waals surface area contributed by atoms with E-state index >= 15 is 0 Å². The van der Waals surface area contributed by atoms with Crippen molar-refractivity contribution in [3.05, 3.63) is 40.7 Å². The Bertz CT molecular complexity index is 620. The summed E-state index contributed by atoms with van der Waals surface area (Å²) < 4.78 is 6.79. The number of aryl methyl sites for hydroxylation is 1. The Hall–Kier alpha value is -2.01. The minimum absolute atomic E-state index is 0.0584. The molecule has 1 heterocycles. The summed E-state index contributed by atoms with van der Waals surface area (Å²) in [4.78, 5) is 11.2. The van der Waals surface area contributed by atoms with E-state index in [1.54, 1.807) is 24.3 Å². The van der Waals surface area contributed by atoms with Gasteiger partial charge in [-0.15, -0.1) is 0 Å². The molecule has 0 bridgehead atoms. The molecule has 0 fully saturated rings. The number of ether oxygens (including phenoxy) is 1. The Morgan fingerprint density at radius 2 is 2.00 bits per heavy atom. The van der Waals surface area contributed by atoms with Crippen LogP contribution in [0.15, 0.2) is 24.3 Å². The van der Waals surface area contributed by atoms with Crippen molar-refractivity contribution >= 4 is 17.6 Å². The molecular formula is C14H15ClN2O3. The van der Waals surface area contributed by atoms with Crippen molar-refractivity contribution < 1.29 is 14.6 Å². The monoisotopic (exact) mass is 294 g/mol. The number of aromatic carboxylic acids is 1. The fraction of sp³-hybridized carbons (Fsp3) is 0.286. The number of carboxylic acids is 1. The number of halogens is 1. The molecule has 0 aliphatic heterocycles. The molecule has 6 heteroatoms. The number of carboxylic acid groups (broad SMARTS) is 1. The third-order valence-electron chi connectivity index (χ3n) is 2.84. The molecule has 0 atom stereocenters. The molecule has 1 aromatic heterocycles. The Morgan fingerprint density at radius 3 is 2.45 bits per heavy atom. The van der Waals surface area contributed by atoms with E-state index in [2.05, 4.69) is 5.10 Å². The first-order valence-electron chi connectivity index (χ1n) is 6.32. The van der Waals surface area contributed by atoms with Gasteiger partial charge in [0.15, 0.2) is 0 Å². The molecule has 0 aliphatic rings. The van der Waals surface area contributed by atoms with Crippen LogP contribution >= 0.6 is 11.6 Å². The topological polar surface area (TPSA) is 64.4 Å². The molecule has 0 saturated heterocycles. The Labute approximate surface area is 121 Å². The van der Waals surface area contributed by atoms with Gasteiger partial charge in [-0.2, -0.15) is 5.10 Å². The number of aromatic nitrogens is 2. The zero-order valence-corrected chi connectivity index (χ0v) is 12.0. The van der Waals surface area contributed by atoms with Crippen LogP contribution in [0.4, 0.5) is 0 Å². The zero-order chi connectivity index (χ0) is 14.7. The second-order valence-corrected chi connectivity index (χ2v) is 4.47. The Balaban J connectivity index is 2.44. The van der Waals surface area contributed by atoms with Gasteiger partial charge in [-0.3, -0.25) is 0 Å². The van der Waals surface area contributed by atoms with Crippen molar-refractivity contribution in [1.82, 2.24) is 9.78 Å². The van der Waals surface area contributed by atoms with E-state index in [9.17, 15) is 9.90 Å². The van der Waals surface area contributed by atoms with Gasteiger partial charge in [0, 0.05) is 0 Å². The van der Waals surface area contributed by atoms with E-state index in [4.69, 9.17) is 16.3 Å². The van der Waals surface area contributed by atoms with Crippen LogP contribution in [0, 0.1) is 0 Å². The van der Waals surface area contributed by atoms with Gasteiger partial charge in [-0.05, 0) is 37.6 Å². The maximum atomic E-state index is 11.2. The van der Waals surface area contributed by atoms with Crippen molar-refractivity contribution in [2.24, 2.45) is 0 Å². The van der Waals surface area contributed by atoms with Gasteiger partial charge in [-0.25, -0.2) is 9.48 Å². The zero-order valence-electron chi connectivity index (χ0n) is 11.3. The van der Waals surface area contributed by atoms with Gasteiger partial charge in [0.25, 0.3) is 0 Å². The van der Waals surface area contributed by atoms with Gasteiger partial charge < -0.3 is 9.84 Å². The average Bonchev–Trinajstić information content (AvgIpc) is 2.77. The summed E-state index contributed by atoms with van der Waals surface area (Å²) in [6.45, 7) is 4.34. The minimum atomic E-state index is -1.07. The summed E-state index contributed by atoms with van der Waals surface area (Å²) >= 11 is 6.13. The quantitative estimate of drug-likeness (QED) is 0.920. The largest absolute Gasteiger partial charge is 0.494 e. The lowest BCUT2D eigenvalue weighted by molar-refractivity contribution is 0.0696. The SMILES string of the molecule is CCOc1ccc(-n2nc(CC)c(C(=O)O)c2Cl)cc1. The highest BCUT2D eigenvalue weighted by Gasteiger charge is 2.21. The van der Waals surface area contributed by atoms with Crippen LogP contribution in [0.1, 0.15) is 29.9 Å². The van der Waals surface area contributed by atoms with Crippen molar-refractivity contribution in [3.8, 4) is 11.4 Å². The first-order chi connectivity index (χ1) is 9.58. The number of carbonyl (C=O) groups is 1. The highest BCUT2D eigenvalue weighted by Crippen LogP contribution is 2.25. The number of hydrogen-bond acceptors (Lipinski definition) is 3. The highest BCUT2D eigenvalue weighted by atomic mass is 35.5. The fourth-order valence-corrected chi connectivity index (χ4v) is 2.25. The molecule has 0 spiro atoms. The Kier molecular flexibility index (Phi) is 4.29. The van der Waals surface area contributed by atoms with E-state index in [1.807, 2.05) is 13.8 Å². The van der Waals surface area contributed by atoms with E-state index in [1.165, 1.54) is 4.68 Å². The van der Waals surface area contributed by atoms with Crippen LogP contribution in [0.3, 0.4) is 0 Å². The minimum Gasteiger partial charge on any atom is -0.494 e. The summed E-state index contributed by atoms with van der Waals surface area (Å²) in [5, 5.41) is 13.6. The van der Waals surface area contributed by atoms with Crippen molar-refractivity contribution in [1.29, 1.82) is 0 Å². The first kappa shape index (κ1) is 14.4. The standard InChI is InChI=1S/C14H15ClN2O3/c1-3-11-12(14(18)19)13(15)17(16-11)9-5-7-10(8-6-9)20-4-2/h5-8H,3-4H2,1-2H3,(H,18,19). The lowest BCUT2D eigenvalue weighted by Crippen LogP contribution is -2.00. The lowest BCUT2D eigenvalue weighted by Gasteiger charge is -2.06. The predicted octanol–water partition coefficient (Wildman–Crippen LogP) is 3.19. The Morgan fingerprint density at radius 1 is 1.35 bits per heavy atom. The van der Waals surface area contributed by atoms with Crippen molar-refractivity contribution in [2.45, 2.75) is 20.3 Å². The van der Waals surface area contributed by atoms with Gasteiger partial charge >= 0.3 is 5.97 Å². The molecule has 20 heavy (non-hydrogen) atoms. The molecule has 1 N–H and O–H groups in total. The maximum absolute atomic E-state index is 11.2. The molecular weight excluding hydrogens is 280 g/mol. The number of benzene rings is 1. The molecule has 2 rings (SSSR count). The molecule has 2 aromatic rings. The maximum Gasteiger partial charge on any atom is 0.340 e. The van der Waals surface area contributed by atoms with E-state index in [-0.39, 0.29) is 10.7 Å². The molecule has 0 unspecified atom stereocenters. The summed E-state index contributed by atoms with van der Waals surface area (Å²) in [7, 11) is 0. The van der Waals surface area contributed by atoms with Crippen LogP contribution in [-0.4, -0.2) is 27.5 Å². The second-order valence-electron chi connectivity index (χ2n) is 4.11. The number of rotatable bonds is 5. The fourth-order valence-electron chi connectivity index (χ4n) is 1.92.